The number of hydrogen-bond donors (Lipinski definition) is 4. The van der Waals surface area contributed by atoms with Gasteiger partial charge in [0.1, 0.15) is 5.75 Å². The molecule has 12 heteroatoms. The summed E-state index contributed by atoms with van der Waals surface area (Å²) in [7, 11) is 3.68. The van der Waals surface area contributed by atoms with Crippen LogP contribution in [0.4, 0.5) is 0 Å². The molecule has 10 nitrogen and oxygen atoms in total. The number of pyridine rings is 2. The van der Waals surface area contributed by atoms with E-state index in [4.69, 9.17) is 27.9 Å². The fraction of sp³-hybridized carbons (Fsp3) is 0.316. The lowest BCUT2D eigenvalue weighted by Gasteiger charge is -2.16. The number of aryl methyl sites for hydroxylation is 1. The van der Waals surface area contributed by atoms with Gasteiger partial charge in [0, 0.05) is 115 Å². The van der Waals surface area contributed by atoms with Gasteiger partial charge >= 0.3 is 0 Å². The second-order valence-electron chi connectivity index (χ2n) is 12.9. The average molecular weight is 713 g/mol. The third kappa shape index (κ3) is 7.07. The Morgan fingerprint density at radius 1 is 0.800 bits per heavy atom. The average Bonchev–Trinajstić information content (AvgIpc) is 3.83. The van der Waals surface area contributed by atoms with Gasteiger partial charge in [0.25, 0.3) is 0 Å². The summed E-state index contributed by atoms with van der Waals surface area (Å²) in [5.41, 5.74) is 7.74. The molecule has 0 radical (unpaired) electrons. The Morgan fingerprint density at radius 3 is 1.92 bits per heavy atom. The molecular formula is C38H39Cl2N7O3. The van der Waals surface area contributed by atoms with Crippen molar-refractivity contribution in [2.24, 2.45) is 7.05 Å². The number of aromatic nitrogens is 3. The van der Waals surface area contributed by atoms with Crippen LogP contribution in [0.25, 0.3) is 44.5 Å². The summed E-state index contributed by atoms with van der Waals surface area (Å²) in [6.45, 7) is 2.74. The van der Waals surface area contributed by atoms with Gasteiger partial charge in [0.2, 0.25) is 11.8 Å². The molecule has 0 unspecified atom stereocenters. The van der Waals surface area contributed by atoms with Crippen LogP contribution in [0.1, 0.15) is 36.8 Å². The van der Waals surface area contributed by atoms with Crippen molar-refractivity contribution in [2.45, 2.75) is 50.9 Å². The Bertz CT molecular complexity index is 2080. The summed E-state index contributed by atoms with van der Waals surface area (Å²) in [6.07, 6.45) is 8.51. The lowest BCUT2D eigenvalue weighted by Crippen LogP contribution is -2.35. The molecule has 0 bridgehead atoms. The molecule has 2 aromatic carbocycles. The second kappa shape index (κ2) is 14.8. The van der Waals surface area contributed by atoms with E-state index in [-0.39, 0.29) is 23.9 Å². The minimum atomic E-state index is 0.107. The highest BCUT2D eigenvalue weighted by Gasteiger charge is 2.22. The lowest BCUT2D eigenvalue weighted by molar-refractivity contribution is -0.120. The first-order chi connectivity index (χ1) is 24.3. The molecule has 2 aliphatic heterocycles. The van der Waals surface area contributed by atoms with Crippen molar-refractivity contribution < 1.29 is 14.3 Å². The Hall–Kier alpha value is -4.48. The molecule has 50 heavy (non-hydrogen) atoms. The third-order valence-corrected chi connectivity index (χ3v) is 10.3. The van der Waals surface area contributed by atoms with E-state index in [1.165, 1.54) is 5.56 Å². The summed E-state index contributed by atoms with van der Waals surface area (Å²) in [4.78, 5) is 32.4. The quantitative estimate of drug-likeness (QED) is 0.125. The number of ether oxygens (including phenoxy) is 1. The number of hydrogen-bond acceptors (Lipinski definition) is 7. The van der Waals surface area contributed by atoms with Crippen molar-refractivity contribution >= 4 is 45.9 Å². The number of rotatable bonds is 12. The van der Waals surface area contributed by atoms with Crippen LogP contribution in [-0.4, -0.2) is 58.6 Å². The fourth-order valence-electron chi connectivity index (χ4n) is 6.92. The van der Waals surface area contributed by atoms with E-state index in [9.17, 15) is 9.59 Å². The number of methoxy groups -OCH3 is 1. The number of fused-ring (bicyclic) bond motifs is 1. The molecular weight excluding hydrogens is 673 g/mol. The molecule has 3 aromatic heterocycles. The van der Waals surface area contributed by atoms with E-state index >= 15 is 0 Å². The standard InChI is InChI=1S/C38H39Cl2N7O3/c1-47-21-25(18-42-20-27-7-10-34(49)46-27)28-8-5-22(15-31(28)47)37-35(39)29(11-13-43-37)30-12-14-44-38(36(30)40)23-3-4-24(32(16-23)50-2)17-41-19-26-6-9-33(48)45-26/h3-5,8,11-16,21,26-27,41-42H,6-7,9-10,17-20H2,1-2H3,(H,45,48)(H,46,49)/t26-,27+/m1/s1. The normalized spacial score (nSPS) is 17.4. The Kier molecular flexibility index (Phi) is 10.1. The molecule has 5 heterocycles. The Morgan fingerprint density at radius 2 is 1.36 bits per heavy atom. The minimum absolute atomic E-state index is 0.107. The van der Waals surface area contributed by atoms with Crippen molar-refractivity contribution in [1.82, 2.24) is 35.8 Å². The topological polar surface area (TPSA) is 122 Å². The van der Waals surface area contributed by atoms with Crippen molar-refractivity contribution in [3.8, 4) is 39.4 Å². The van der Waals surface area contributed by atoms with E-state index in [1.807, 2.05) is 43.4 Å². The fourth-order valence-corrected chi connectivity index (χ4v) is 7.57. The minimum Gasteiger partial charge on any atom is -0.496 e. The molecule has 2 aliphatic rings. The molecule has 7 rings (SSSR count). The zero-order valence-corrected chi connectivity index (χ0v) is 29.5. The molecule has 5 aromatic rings. The summed E-state index contributed by atoms with van der Waals surface area (Å²) in [5.74, 6) is 0.951. The Labute approximate surface area is 300 Å². The van der Waals surface area contributed by atoms with Gasteiger partial charge in [-0.25, -0.2) is 0 Å². The van der Waals surface area contributed by atoms with Crippen molar-refractivity contribution in [3.05, 3.63) is 88.3 Å². The first kappa shape index (κ1) is 34.0. The zero-order valence-electron chi connectivity index (χ0n) is 28.0. The predicted molar refractivity (Wildman–Crippen MR) is 197 cm³/mol. The van der Waals surface area contributed by atoms with Gasteiger partial charge in [-0.1, -0.05) is 47.5 Å². The lowest BCUT2D eigenvalue weighted by atomic mass is 10.00. The van der Waals surface area contributed by atoms with Crippen LogP contribution in [-0.2, 0) is 29.7 Å². The summed E-state index contributed by atoms with van der Waals surface area (Å²) in [6, 6.07) is 16.3. The van der Waals surface area contributed by atoms with Gasteiger partial charge in [-0.15, -0.1) is 0 Å². The maximum Gasteiger partial charge on any atom is 0.220 e. The summed E-state index contributed by atoms with van der Waals surface area (Å²) < 4.78 is 7.85. The van der Waals surface area contributed by atoms with E-state index in [1.54, 1.807) is 19.5 Å². The molecule has 2 atom stereocenters. The molecule has 258 valence electrons. The molecule has 2 fully saturated rings. The number of nitrogens with one attached hydrogen (secondary N) is 4. The van der Waals surface area contributed by atoms with Crippen LogP contribution in [0.15, 0.2) is 67.1 Å². The molecule has 2 amide bonds. The van der Waals surface area contributed by atoms with E-state index in [0.717, 1.165) is 63.9 Å². The van der Waals surface area contributed by atoms with Crippen molar-refractivity contribution in [1.29, 1.82) is 0 Å². The van der Waals surface area contributed by atoms with E-state index in [2.05, 4.69) is 54.1 Å². The largest absolute Gasteiger partial charge is 0.496 e. The highest BCUT2D eigenvalue weighted by Crippen LogP contribution is 2.42. The van der Waals surface area contributed by atoms with Crippen LogP contribution < -0.4 is 26.0 Å². The van der Waals surface area contributed by atoms with E-state index < -0.39 is 0 Å². The highest BCUT2D eigenvalue weighted by atomic mass is 35.5. The zero-order chi connectivity index (χ0) is 34.8. The highest BCUT2D eigenvalue weighted by molar-refractivity contribution is 6.39. The molecule has 0 saturated carbocycles. The Balaban J connectivity index is 1.11. The SMILES string of the molecule is COc1cc(-c2nccc(-c3ccnc(-c4ccc5c(CNC[C@@H]6CCC(=O)N6)cn(C)c5c4)c3Cl)c2Cl)ccc1CNC[C@H]1CCC(=O)N1. The molecule has 4 N–H and O–H groups in total. The number of carbonyl (C=O) groups is 2. The van der Waals surface area contributed by atoms with Crippen LogP contribution in [0, 0.1) is 0 Å². The van der Waals surface area contributed by atoms with Gasteiger partial charge in [0.15, 0.2) is 0 Å². The second-order valence-corrected chi connectivity index (χ2v) is 13.7. The molecule has 0 aliphatic carbocycles. The molecule has 0 spiro atoms. The van der Waals surface area contributed by atoms with E-state index in [0.29, 0.717) is 53.9 Å². The maximum atomic E-state index is 11.5. The van der Waals surface area contributed by atoms with Crippen LogP contribution in [0.2, 0.25) is 10.0 Å². The monoisotopic (exact) mass is 711 g/mol. The van der Waals surface area contributed by atoms with Crippen LogP contribution in [0.5, 0.6) is 5.75 Å². The van der Waals surface area contributed by atoms with Gasteiger partial charge in [-0.3, -0.25) is 19.6 Å². The van der Waals surface area contributed by atoms with Crippen molar-refractivity contribution in [2.75, 3.05) is 20.2 Å². The number of amides is 2. The van der Waals surface area contributed by atoms with Gasteiger partial charge in [0.05, 0.1) is 28.5 Å². The van der Waals surface area contributed by atoms with Gasteiger partial charge in [-0.2, -0.15) is 0 Å². The third-order valence-electron chi connectivity index (χ3n) is 9.56. The first-order valence-corrected chi connectivity index (χ1v) is 17.6. The van der Waals surface area contributed by atoms with Gasteiger partial charge in [-0.05, 0) is 42.7 Å². The van der Waals surface area contributed by atoms with Crippen LogP contribution >= 0.6 is 23.2 Å². The number of benzene rings is 2. The van der Waals surface area contributed by atoms with Gasteiger partial charge < -0.3 is 30.6 Å². The first-order valence-electron chi connectivity index (χ1n) is 16.8. The number of halogens is 2. The maximum absolute atomic E-state index is 11.5. The summed E-state index contributed by atoms with van der Waals surface area (Å²) in [5, 5.41) is 15.0. The number of nitrogens with zero attached hydrogens (tertiary/aromatic N) is 3. The number of carbonyl (C=O) groups excluding carboxylic acids is 2. The van der Waals surface area contributed by atoms with Crippen LogP contribution in [0.3, 0.4) is 0 Å². The summed E-state index contributed by atoms with van der Waals surface area (Å²) >= 11 is 14.2. The predicted octanol–water partition coefficient (Wildman–Crippen LogP) is 6.02. The molecule has 2 saturated heterocycles. The smallest absolute Gasteiger partial charge is 0.220 e. The van der Waals surface area contributed by atoms with Crippen molar-refractivity contribution in [3.63, 3.8) is 0 Å².